The van der Waals surface area contributed by atoms with Crippen LogP contribution in [0.25, 0.3) is 0 Å². The van der Waals surface area contributed by atoms with Gasteiger partial charge >= 0.3 is 0 Å². The van der Waals surface area contributed by atoms with Crippen LogP contribution in [0, 0.1) is 21.4 Å². The molecule has 1 aromatic carbocycles. The summed E-state index contributed by atoms with van der Waals surface area (Å²) in [6.45, 7) is 1.79. The molecule has 0 N–H and O–H groups in total. The third-order valence-corrected chi connectivity index (χ3v) is 3.80. The maximum absolute atomic E-state index is 12.5. The number of carbonyl (C=O) groups is 1. The minimum atomic E-state index is -0.525. The van der Waals surface area contributed by atoms with Crippen LogP contribution in [0.5, 0.6) is 0 Å². The van der Waals surface area contributed by atoms with E-state index in [0.29, 0.717) is 31.7 Å². The van der Waals surface area contributed by atoms with E-state index in [1.807, 2.05) is 4.90 Å². The summed E-state index contributed by atoms with van der Waals surface area (Å²) in [4.78, 5) is 26.6. The Morgan fingerprint density at radius 1 is 1.45 bits per heavy atom. The maximum atomic E-state index is 12.5. The lowest BCUT2D eigenvalue weighted by Crippen LogP contribution is -2.28. The minimum Gasteiger partial charge on any atom is -0.374 e. The summed E-state index contributed by atoms with van der Waals surface area (Å²) < 4.78 is 0. The summed E-state index contributed by atoms with van der Waals surface area (Å²) in [6, 6.07) is 6.58. The largest absolute Gasteiger partial charge is 0.374 e. The van der Waals surface area contributed by atoms with E-state index in [1.54, 1.807) is 24.1 Å². The number of rotatable bonds is 5. The van der Waals surface area contributed by atoms with Crippen molar-refractivity contribution in [2.24, 2.45) is 0 Å². The topological polar surface area (TPSA) is 90.5 Å². The number of amides is 1. The van der Waals surface area contributed by atoms with Crippen molar-refractivity contribution in [1.29, 1.82) is 5.26 Å². The Hall–Kier alpha value is -2.62. The first kappa shape index (κ1) is 15.8. The second-order valence-corrected chi connectivity index (χ2v) is 5.29. The lowest BCUT2D eigenvalue weighted by Gasteiger charge is -2.20. The quantitative estimate of drug-likeness (QED) is 0.614. The van der Waals surface area contributed by atoms with Crippen molar-refractivity contribution in [3.05, 3.63) is 33.9 Å². The van der Waals surface area contributed by atoms with Gasteiger partial charge in [0.1, 0.15) is 5.56 Å². The number of anilines is 1. The molecule has 1 aliphatic heterocycles. The van der Waals surface area contributed by atoms with Crippen molar-refractivity contribution in [2.45, 2.75) is 19.3 Å². The zero-order valence-corrected chi connectivity index (χ0v) is 12.5. The molecule has 7 heteroatoms. The molecule has 1 fully saturated rings. The summed E-state index contributed by atoms with van der Waals surface area (Å²) >= 11 is 0. The third kappa shape index (κ3) is 3.34. The van der Waals surface area contributed by atoms with Crippen LogP contribution < -0.4 is 4.90 Å². The van der Waals surface area contributed by atoms with Gasteiger partial charge in [-0.25, -0.2) is 0 Å². The molecule has 22 heavy (non-hydrogen) atoms. The summed E-state index contributed by atoms with van der Waals surface area (Å²) in [5.74, 6) is -0.292. The van der Waals surface area contributed by atoms with E-state index in [1.165, 1.54) is 6.07 Å². The van der Waals surface area contributed by atoms with Crippen LogP contribution >= 0.6 is 0 Å². The van der Waals surface area contributed by atoms with Gasteiger partial charge in [-0.1, -0.05) is 0 Å². The van der Waals surface area contributed by atoms with Crippen LogP contribution in [0.4, 0.5) is 11.4 Å². The summed E-state index contributed by atoms with van der Waals surface area (Å²) in [5.41, 5.74) is 0.644. The Bertz CT molecular complexity index is 618. The first-order chi connectivity index (χ1) is 10.5. The Kier molecular flexibility index (Phi) is 4.94. The van der Waals surface area contributed by atoms with E-state index in [2.05, 4.69) is 6.07 Å². The fraction of sp³-hybridized carbons (Fsp3) is 0.467. The highest BCUT2D eigenvalue weighted by Crippen LogP contribution is 2.27. The smallest absolute Gasteiger partial charge is 0.282 e. The molecular weight excluding hydrogens is 284 g/mol. The number of nitriles is 1. The minimum absolute atomic E-state index is 0.119. The van der Waals surface area contributed by atoms with Crippen LogP contribution in [-0.2, 0) is 0 Å². The van der Waals surface area contributed by atoms with Gasteiger partial charge < -0.3 is 9.80 Å². The van der Waals surface area contributed by atoms with Gasteiger partial charge in [0.2, 0.25) is 0 Å². The molecule has 0 aromatic heterocycles. The second-order valence-electron chi connectivity index (χ2n) is 5.29. The zero-order chi connectivity index (χ0) is 16.1. The van der Waals surface area contributed by atoms with Crippen molar-refractivity contribution in [3.8, 4) is 6.07 Å². The van der Waals surface area contributed by atoms with Crippen molar-refractivity contribution in [2.75, 3.05) is 31.6 Å². The van der Waals surface area contributed by atoms with Gasteiger partial charge in [-0.2, -0.15) is 5.26 Å². The van der Waals surface area contributed by atoms with E-state index >= 15 is 0 Å². The number of nitro benzene ring substituents is 1. The highest BCUT2D eigenvalue weighted by molar-refractivity contribution is 5.99. The second kappa shape index (κ2) is 6.89. The van der Waals surface area contributed by atoms with Gasteiger partial charge in [0.05, 0.1) is 17.4 Å². The molecule has 116 valence electrons. The fourth-order valence-corrected chi connectivity index (χ4v) is 2.53. The SMILES string of the molecule is CN(CCC#N)c1ccc([N+](=O)[O-])c(C(=O)N2CCCC2)c1. The van der Waals surface area contributed by atoms with Crippen LogP contribution in [0.3, 0.4) is 0 Å². The van der Waals surface area contributed by atoms with Crippen LogP contribution in [-0.4, -0.2) is 42.4 Å². The molecule has 1 amide bonds. The van der Waals surface area contributed by atoms with Gasteiger partial charge in [0, 0.05) is 38.4 Å². The molecule has 0 aliphatic carbocycles. The van der Waals surface area contributed by atoms with E-state index in [4.69, 9.17) is 5.26 Å². The molecule has 0 spiro atoms. The average Bonchev–Trinajstić information content (AvgIpc) is 3.05. The first-order valence-corrected chi connectivity index (χ1v) is 7.20. The van der Waals surface area contributed by atoms with Crippen molar-refractivity contribution < 1.29 is 9.72 Å². The number of carbonyl (C=O) groups excluding carboxylic acids is 1. The Balaban J connectivity index is 2.33. The number of likely N-dealkylation sites (tertiary alicyclic amines) is 1. The lowest BCUT2D eigenvalue weighted by atomic mass is 10.1. The highest BCUT2D eigenvalue weighted by atomic mass is 16.6. The van der Waals surface area contributed by atoms with Crippen LogP contribution in [0.15, 0.2) is 18.2 Å². The van der Waals surface area contributed by atoms with Crippen molar-refractivity contribution >= 4 is 17.3 Å². The monoisotopic (exact) mass is 302 g/mol. The van der Waals surface area contributed by atoms with Gasteiger partial charge in [-0.3, -0.25) is 14.9 Å². The van der Waals surface area contributed by atoms with Crippen LogP contribution in [0.1, 0.15) is 29.6 Å². The standard InChI is InChI=1S/C15H18N4O3/c1-17(8-4-7-16)12-5-6-14(19(21)22)13(11-12)15(20)18-9-2-3-10-18/h5-6,11H,2-4,8-10H2,1H3. The van der Waals surface area contributed by atoms with Crippen molar-refractivity contribution in [3.63, 3.8) is 0 Å². The molecule has 0 bridgehead atoms. The van der Waals surface area contributed by atoms with Gasteiger partial charge in [-0.15, -0.1) is 0 Å². The van der Waals surface area contributed by atoms with Crippen LogP contribution in [0.2, 0.25) is 0 Å². The summed E-state index contributed by atoms with van der Waals surface area (Å²) in [7, 11) is 1.79. The molecule has 7 nitrogen and oxygen atoms in total. The zero-order valence-electron chi connectivity index (χ0n) is 12.5. The predicted octanol–water partition coefficient (Wildman–Crippen LogP) is 2.18. The van der Waals surface area contributed by atoms with Crippen molar-refractivity contribution in [1.82, 2.24) is 4.90 Å². The predicted molar refractivity (Wildman–Crippen MR) is 81.7 cm³/mol. The highest BCUT2D eigenvalue weighted by Gasteiger charge is 2.27. The Morgan fingerprint density at radius 2 is 2.14 bits per heavy atom. The maximum Gasteiger partial charge on any atom is 0.282 e. The average molecular weight is 302 g/mol. The molecule has 0 saturated carbocycles. The van der Waals surface area contributed by atoms with E-state index in [-0.39, 0.29) is 17.2 Å². The number of hydrogen-bond acceptors (Lipinski definition) is 5. The number of hydrogen-bond donors (Lipinski definition) is 0. The molecule has 1 aromatic rings. The van der Waals surface area contributed by atoms with Gasteiger partial charge in [-0.05, 0) is 25.0 Å². The number of nitrogens with zero attached hydrogens (tertiary/aromatic N) is 4. The van der Waals surface area contributed by atoms with Gasteiger partial charge in [0.15, 0.2) is 0 Å². The molecular formula is C15H18N4O3. The van der Waals surface area contributed by atoms with E-state index in [9.17, 15) is 14.9 Å². The Morgan fingerprint density at radius 3 is 2.73 bits per heavy atom. The molecule has 1 aliphatic rings. The summed E-state index contributed by atoms with van der Waals surface area (Å²) in [5, 5.41) is 19.8. The van der Waals surface area contributed by atoms with Gasteiger partial charge in [0.25, 0.3) is 11.6 Å². The fourth-order valence-electron chi connectivity index (χ4n) is 2.53. The molecule has 0 atom stereocenters. The Labute approximate surface area is 128 Å². The normalized spacial score (nSPS) is 13.7. The molecule has 2 rings (SSSR count). The molecule has 1 heterocycles. The van der Waals surface area contributed by atoms with E-state index < -0.39 is 4.92 Å². The molecule has 0 unspecified atom stereocenters. The number of benzene rings is 1. The third-order valence-electron chi connectivity index (χ3n) is 3.80. The molecule has 0 radical (unpaired) electrons. The summed E-state index contributed by atoms with van der Waals surface area (Å²) in [6.07, 6.45) is 2.21. The van der Waals surface area contributed by atoms with E-state index in [0.717, 1.165) is 12.8 Å². The number of nitro groups is 1. The lowest BCUT2D eigenvalue weighted by molar-refractivity contribution is -0.385. The molecule has 1 saturated heterocycles. The first-order valence-electron chi connectivity index (χ1n) is 7.20.